The van der Waals surface area contributed by atoms with Gasteiger partial charge in [0.05, 0.1) is 0 Å². The molecule has 0 heterocycles. The minimum absolute atomic E-state index is 0. The zero-order chi connectivity index (χ0) is 6.85. The molecule has 0 amide bonds. The molecule has 0 saturated heterocycles. The van der Waals surface area contributed by atoms with Crippen molar-refractivity contribution in [2.45, 2.75) is 13.8 Å². The van der Waals surface area contributed by atoms with Crippen LogP contribution in [0.2, 0.25) is 0 Å². The Hall–Kier alpha value is 0.124. The molecule has 0 aliphatic rings. The van der Waals surface area contributed by atoms with E-state index in [1.165, 1.54) is 0 Å². The molecule has 1 radical (unpaired) electrons. The van der Waals surface area contributed by atoms with Crippen LogP contribution < -0.4 is 0 Å². The summed E-state index contributed by atoms with van der Waals surface area (Å²) in [7, 11) is 0. The van der Waals surface area contributed by atoms with E-state index >= 15 is 0 Å². The van der Waals surface area contributed by atoms with Crippen molar-refractivity contribution in [3.8, 4) is 5.75 Å². The summed E-state index contributed by atoms with van der Waals surface area (Å²) in [5.74, 6) is 0.383. The Kier molecular flexibility index (Phi) is 7.14. The second kappa shape index (κ2) is 5.73. The molecule has 0 unspecified atom stereocenters. The molecule has 1 rings (SSSR count). The average molecular weight is 225 g/mol. The van der Waals surface area contributed by atoms with Crippen molar-refractivity contribution in [3.05, 3.63) is 36.8 Å². The minimum atomic E-state index is 0. The Morgan fingerprint density at radius 2 is 1.55 bits per heavy atom. The second-order valence-electron chi connectivity index (χ2n) is 2.17. The zero-order valence-corrected chi connectivity index (χ0v) is 10.0. The first kappa shape index (κ1) is 13.7. The van der Waals surface area contributed by atoms with Crippen LogP contribution in [0.1, 0.15) is 11.1 Å². The first-order valence-electron chi connectivity index (χ1n) is 2.88. The van der Waals surface area contributed by atoms with E-state index in [0.29, 0.717) is 5.75 Å². The Balaban J connectivity index is 0. The van der Waals surface area contributed by atoms with Gasteiger partial charge < -0.3 is 12.5 Å². The fraction of sp³-hybridized carbons (Fsp3) is 0.222. The van der Waals surface area contributed by atoms with Gasteiger partial charge in [0.1, 0.15) is 0 Å². The maximum Gasteiger partial charge on any atom is 0.0139 e. The SMILES string of the molecule is Cc1c[c-]cc(C)c1O.[CH3-].[Y]. The summed E-state index contributed by atoms with van der Waals surface area (Å²) in [4.78, 5) is 0. The van der Waals surface area contributed by atoms with E-state index in [-0.39, 0.29) is 40.1 Å². The molecule has 0 atom stereocenters. The molecule has 59 valence electrons. The van der Waals surface area contributed by atoms with Gasteiger partial charge in [-0.3, -0.25) is 0 Å². The number of rotatable bonds is 0. The molecular formula is C9H12OY-2. The normalized spacial score (nSPS) is 7.82. The Bertz CT molecular complexity index is 201. The van der Waals surface area contributed by atoms with Crippen molar-refractivity contribution in [2.24, 2.45) is 0 Å². The summed E-state index contributed by atoms with van der Waals surface area (Å²) in [6, 6.07) is 6.44. The van der Waals surface area contributed by atoms with E-state index in [2.05, 4.69) is 6.07 Å². The molecule has 1 aromatic rings. The molecule has 1 N–H and O–H groups in total. The van der Waals surface area contributed by atoms with E-state index < -0.39 is 0 Å². The van der Waals surface area contributed by atoms with E-state index in [9.17, 15) is 5.11 Å². The van der Waals surface area contributed by atoms with E-state index in [4.69, 9.17) is 0 Å². The van der Waals surface area contributed by atoms with Crippen LogP contribution in [0.25, 0.3) is 0 Å². The van der Waals surface area contributed by atoms with Crippen molar-refractivity contribution in [2.75, 3.05) is 0 Å². The van der Waals surface area contributed by atoms with Crippen LogP contribution in [-0.4, -0.2) is 5.11 Å². The molecule has 0 bridgehead atoms. The van der Waals surface area contributed by atoms with Crippen LogP contribution in [0.4, 0.5) is 0 Å². The van der Waals surface area contributed by atoms with Gasteiger partial charge in [0.2, 0.25) is 0 Å². The number of phenols is 1. The second-order valence-corrected chi connectivity index (χ2v) is 2.17. The first-order valence-corrected chi connectivity index (χ1v) is 2.88. The summed E-state index contributed by atoms with van der Waals surface area (Å²) >= 11 is 0. The molecule has 1 aromatic carbocycles. The Morgan fingerprint density at radius 3 is 1.82 bits per heavy atom. The fourth-order valence-corrected chi connectivity index (χ4v) is 0.739. The predicted molar refractivity (Wildman–Crippen MR) is 42.8 cm³/mol. The van der Waals surface area contributed by atoms with Gasteiger partial charge in [0, 0.05) is 38.5 Å². The standard InChI is InChI=1S/C8H9O.CH3.Y/c1-6-4-3-5-7(2)8(6)9;;/h4-5,9H,1-2H3;1H3;/q2*-1;. The van der Waals surface area contributed by atoms with Crippen molar-refractivity contribution >= 4 is 0 Å². The number of phenolic OH excluding ortho intramolecular Hbond substituents is 1. The van der Waals surface area contributed by atoms with E-state index in [1.54, 1.807) is 12.1 Å². The minimum Gasteiger partial charge on any atom is -0.533 e. The van der Waals surface area contributed by atoms with Crippen LogP contribution in [0.3, 0.4) is 0 Å². The molecule has 0 aromatic heterocycles. The van der Waals surface area contributed by atoms with Gasteiger partial charge in [-0.1, -0.05) is 13.8 Å². The number of hydrogen-bond donors (Lipinski definition) is 1. The van der Waals surface area contributed by atoms with Gasteiger partial charge in [-0.25, -0.2) is 0 Å². The summed E-state index contributed by atoms with van der Waals surface area (Å²) in [6.45, 7) is 3.72. The quantitative estimate of drug-likeness (QED) is 0.671. The number of aromatic hydroxyl groups is 1. The van der Waals surface area contributed by atoms with Gasteiger partial charge in [0.25, 0.3) is 0 Å². The number of benzene rings is 1. The molecule has 2 heteroatoms. The van der Waals surface area contributed by atoms with Gasteiger partial charge in [-0.15, -0.1) is 11.1 Å². The molecular weight excluding hydrogens is 213 g/mol. The third-order valence-corrected chi connectivity index (χ3v) is 1.35. The summed E-state index contributed by atoms with van der Waals surface area (Å²) in [6.07, 6.45) is 0. The van der Waals surface area contributed by atoms with Crippen LogP contribution >= 0.6 is 0 Å². The topological polar surface area (TPSA) is 20.2 Å². The van der Waals surface area contributed by atoms with Crippen LogP contribution in [0.15, 0.2) is 12.1 Å². The van der Waals surface area contributed by atoms with Crippen molar-refractivity contribution in [1.29, 1.82) is 0 Å². The monoisotopic (exact) mass is 225 g/mol. The molecule has 0 saturated carbocycles. The molecule has 11 heavy (non-hydrogen) atoms. The van der Waals surface area contributed by atoms with Crippen LogP contribution in [0, 0.1) is 27.3 Å². The average Bonchev–Trinajstić information content (AvgIpc) is 1.83. The van der Waals surface area contributed by atoms with Gasteiger partial charge in [-0.2, -0.15) is 18.2 Å². The maximum absolute atomic E-state index is 9.19. The largest absolute Gasteiger partial charge is 0.533 e. The van der Waals surface area contributed by atoms with Crippen molar-refractivity contribution < 1.29 is 37.8 Å². The summed E-state index contributed by atoms with van der Waals surface area (Å²) in [5.41, 5.74) is 1.77. The van der Waals surface area contributed by atoms with E-state index in [1.807, 2.05) is 13.8 Å². The zero-order valence-electron chi connectivity index (χ0n) is 7.18. The summed E-state index contributed by atoms with van der Waals surface area (Å²) < 4.78 is 0. The van der Waals surface area contributed by atoms with Gasteiger partial charge >= 0.3 is 0 Å². The summed E-state index contributed by atoms with van der Waals surface area (Å²) in [5, 5.41) is 9.19. The number of hydrogen-bond acceptors (Lipinski definition) is 1. The molecule has 0 fully saturated rings. The van der Waals surface area contributed by atoms with Crippen molar-refractivity contribution in [1.82, 2.24) is 0 Å². The fourth-order valence-electron chi connectivity index (χ4n) is 0.739. The third kappa shape index (κ3) is 3.35. The maximum atomic E-state index is 9.19. The van der Waals surface area contributed by atoms with Crippen LogP contribution in [0.5, 0.6) is 5.75 Å². The Morgan fingerprint density at radius 1 is 1.18 bits per heavy atom. The molecule has 0 aliphatic carbocycles. The number of aryl methyl sites for hydroxylation is 2. The van der Waals surface area contributed by atoms with Crippen molar-refractivity contribution in [3.63, 3.8) is 0 Å². The Labute approximate surface area is 93.7 Å². The molecule has 0 aliphatic heterocycles. The smallest absolute Gasteiger partial charge is 0.0139 e. The third-order valence-electron chi connectivity index (χ3n) is 1.35. The predicted octanol–water partition coefficient (Wildman–Crippen LogP) is 2.26. The van der Waals surface area contributed by atoms with Gasteiger partial charge in [0.15, 0.2) is 0 Å². The first-order chi connectivity index (χ1) is 4.22. The van der Waals surface area contributed by atoms with Crippen LogP contribution in [-0.2, 0) is 32.7 Å². The molecule has 1 nitrogen and oxygen atoms in total. The molecule has 0 spiro atoms. The van der Waals surface area contributed by atoms with Gasteiger partial charge in [-0.05, 0) is 0 Å². The van der Waals surface area contributed by atoms with E-state index in [0.717, 1.165) is 11.1 Å².